The first kappa shape index (κ1) is 19.5. The number of rotatable bonds is 6. The molecule has 0 unspecified atom stereocenters. The molecule has 0 aromatic heterocycles. The lowest BCUT2D eigenvalue weighted by Crippen LogP contribution is -2.53. The molecule has 152 valence electrons. The van der Waals surface area contributed by atoms with Crippen molar-refractivity contribution in [3.8, 4) is 0 Å². The number of carbonyl (C=O) groups is 3. The average Bonchev–Trinajstić information content (AvgIpc) is 2.70. The summed E-state index contributed by atoms with van der Waals surface area (Å²) in [5, 5.41) is 40.0. The fraction of sp³-hybridized carbons (Fsp3) is 0.350. The molecule has 0 saturated heterocycles. The lowest BCUT2D eigenvalue weighted by Gasteiger charge is -2.40. The second kappa shape index (κ2) is 6.89. The van der Waals surface area contributed by atoms with Crippen LogP contribution in [0.25, 0.3) is 10.8 Å². The first-order valence-electron chi connectivity index (χ1n) is 9.29. The largest absolute Gasteiger partial charge is 0.396 e. The van der Waals surface area contributed by atoms with Crippen LogP contribution in [0.15, 0.2) is 24.3 Å². The van der Waals surface area contributed by atoms with E-state index in [0.29, 0.717) is 0 Å². The summed E-state index contributed by atoms with van der Waals surface area (Å²) in [5.41, 5.74) is 0.521. The molecule has 0 aliphatic carbocycles. The zero-order chi connectivity index (χ0) is 20.9. The first-order valence-corrected chi connectivity index (χ1v) is 9.29. The predicted octanol–water partition coefficient (Wildman–Crippen LogP) is -0.249. The molecule has 2 aromatic rings. The van der Waals surface area contributed by atoms with Crippen molar-refractivity contribution in [3.05, 3.63) is 46.5 Å². The summed E-state index contributed by atoms with van der Waals surface area (Å²) in [5.74, 6) is -4.42. The normalized spacial score (nSPS) is 17.4. The SMILES string of the molecule is O=C1c2ccc3c4c(ccc(c24)C(=O)N1CCCO)C(O)(O)N(CCCO)C3=O. The molecule has 2 heterocycles. The third-order valence-corrected chi connectivity index (χ3v) is 5.40. The Morgan fingerprint density at radius 2 is 1.24 bits per heavy atom. The maximum absolute atomic E-state index is 12.9. The lowest BCUT2D eigenvalue weighted by atomic mass is 9.84. The van der Waals surface area contributed by atoms with Crippen molar-refractivity contribution in [3.63, 3.8) is 0 Å². The van der Waals surface area contributed by atoms with Gasteiger partial charge in [-0.1, -0.05) is 6.07 Å². The standard InChI is InChI=1S/C20H20N2O7/c23-9-1-7-21-17(25)11-3-4-13-16-14(6-5-12(15(11)16)18(21)26)20(28,29)22(19(13)27)8-2-10-24/h3-6,23-24,28-29H,1-2,7-10H2. The van der Waals surface area contributed by atoms with E-state index in [9.17, 15) is 24.6 Å². The van der Waals surface area contributed by atoms with Crippen molar-refractivity contribution >= 4 is 28.5 Å². The number of imide groups is 1. The third kappa shape index (κ3) is 2.66. The van der Waals surface area contributed by atoms with Crippen molar-refractivity contribution in [1.82, 2.24) is 9.80 Å². The van der Waals surface area contributed by atoms with Crippen LogP contribution in [0.1, 0.15) is 49.5 Å². The van der Waals surface area contributed by atoms with Gasteiger partial charge >= 0.3 is 0 Å². The van der Waals surface area contributed by atoms with Crippen LogP contribution in [-0.2, 0) is 5.91 Å². The monoisotopic (exact) mass is 400 g/mol. The van der Waals surface area contributed by atoms with Gasteiger partial charge in [-0.05, 0) is 31.0 Å². The number of hydrogen-bond donors (Lipinski definition) is 4. The van der Waals surface area contributed by atoms with E-state index >= 15 is 0 Å². The molecule has 3 amide bonds. The van der Waals surface area contributed by atoms with Crippen LogP contribution in [0.2, 0.25) is 0 Å². The molecule has 0 bridgehead atoms. The molecule has 2 aromatic carbocycles. The highest BCUT2D eigenvalue weighted by atomic mass is 16.5. The minimum atomic E-state index is -2.64. The van der Waals surface area contributed by atoms with Crippen LogP contribution in [-0.4, -0.2) is 74.3 Å². The van der Waals surface area contributed by atoms with Gasteiger partial charge in [0.25, 0.3) is 23.6 Å². The summed E-state index contributed by atoms with van der Waals surface area (Å²) in [7, 11) is 0. The molecule has 2 aliphatic rings. The summed E-state index contributed by atoms with van der Waals surface area (Å²) >= 11 is 0. The summed E-state index contributed by atoms with van der Waals surface area (Å²) in [6.45, 7) is -0.435. The number of hydrogen-bond acceptors (Lipinski definition) is 7. The Kier molecular flexibility index (Phi) is 4.62. The Labute approximate surface area is 165 Å². The maximum Gasteiger partial charge on any atom is 0.278 e. The van der Waals surface area contributed by atoms with E-state index in [0.717, 1.165) is 9.80 Å². The van der Waals surface area contributed by atoms with Crippen LogP contribution in [0.3, 0.4) is 0 Å². The minimum Gasteiger partial charge on any atom is -0.396 e. The van der Waals surface area contributed by atoms with Gasteiger partial charge in [0.05, 0.1) is 0 Å². The Morgan fingerprint density at radius 3 is 1.83 bits per heavy atom. The van der Waals surface area contributed by atoms with E-state index in [1.165, 1.54) is 24.3 Å². The Balaban J connectivity index is 1.94. The second-order valence-electron chi connectivity index (χ2n) is 7.08. The fourth-order valence-corrected chi connectivity index (χ4v) is 4.04. The average molecular weight is 400 g/mol. The van der Waals surface area contributed by atoms with E-state index in [4.69, 9.17) is 10.2 Å². The molecule has 9 nitrogen and oxygen atoms in total. The molecule has 0 fully saturated rings. The maximum atomic E-state index is 12.9. The van der Waals surface area contributed by atoms with E-state index in [1.54, 1.807) is 0 Å². The quantitative estimate of drug-likeness (QED) is 0.387. The summed E-state index contributed by atoms with van der Waals surface area (Å²) < 4.78 is 0. The zero-order valence-electron chi connectivity index (χ0n) is 15.5. The van der Waals surface area contributed by atoms with Gasteiger partial charge < -0.3 is 20.4 Å². The van der Waals surface area contributed by atoms with E-state index in [-0.39, 0.29) is 72.2 Å². The Hall–Kier alpha value is -2.85. The van der Waals surface area contributed by atoms with E-state index in [1.807, 2.05) is 0 Å². The third-order valence-electron chi connectivity index (χ3n) is 5.40. The van der Waals surface area contributed by atoms with E-state index in [2.05, 4.69) is 0 Å². The summed E-state index contributed by atoms with van der Waals surface area (Å²) in [6, 6.07) is 5.66. The number of aliphatic hydroxyl groups is 4. The molecular formula is C20H20N2O7. The fourth-order valence-electron chi connectivity index (χ4n) is 4.04. The molecule has 0 saturated carbocycles. The molecule has 4 N–H and O–H groups in total. The molecule has 4 rings (SSSR count). The van der Waals surface area contributed by atoms with E-state index < -0.39 is 23.6 Å². The van der Waals surface area contributed by atoms with Gasteiger partial charge in [0.15, 0.2) is 0 Å². The lowest BCUT2D eigenvalue weighted by molar-refractivity contribution is -0.256. The Bertz CT molecular complexity index is 1020. The van der Waals surface area contributed by atoms with Crippen LogP contribution >= 0.6 is 0 Å². The molecule has 0 spiro atoms. The smallest absolute Gasteiger partial charge is 0.278 e. The first-order chi connectivity index (χ1) is 13.8. The number of amides is 3. The molecule has 9 heteroatoms. The highest BCUT2D eigenvalue weighted by molar-refractivity contribution is 6.28. The number of aliphatic hydroxyl groups excluding tert-OH is 2. The van der Waals surface area contributed by atoms with Crippen molar-refractivity contribution < 1.29 is 34.8 Å². The van der Waals surface area contributed by atoms with Gasteiger partial charge in [-0.25, -0.2) is 0 Å². The van der Waals surface area contributed by atoms with Gasteiger partial charge in [-0.2, -0.15) is 0 Å². The van der Waals surface area contributed by atoms with Crippen molar-refractivity contribution in [2.24, 2.45) is 0 Å². The molecule has 0 atom stereocenters. The van der Waals surface area contributed by atoms with Gasteiger partial charge in [0.1, 0.15) is 0 Å². The van der Waals surface area contributed by atoms with Crippen molar-refractivity contribution in [1.29, 1.82) is 0 Å². The number of benzene rings is 2. The highest BCUT2D eigenvalue weighted by Crippen LogP contribution is 2.42. The van der Waals surface area contributed by atoms with Crippen LogP contribution in [0.4, 0.5) is 0 Å². The van der Waals surface area contributed by atoms with Crippen LogP contribution in [0.5, 0.6) is 0 Å². The molecule has 0 radical (unpaired) electrons. The predicted molar refractivity (Wildman–Crippen MR) is 99.9 cm³/mol. The molecular weight excluding hydrogens is 380 g/mol. The topological polar surface area (TPSA) is 139 Å². The van der Waals surface area contributed by atoms with Gasteiger partial charge in [-0.3, -0.25) is 24.2 Å². The van der Waals surface area contributed by atoms with Gasteiger partial charge in [0.2, 0.25) is 0 Å². The zero-order valence-corrected chi connectivity index (χ0v) is 15.5. The van der Waals surface area contributed by atoms with Crippen molar-refractivity contribution in [2.45, 2.75) is 18.8 Å². The minimum absolute atomic E-state index is 0.00459. The highest BCUT2D eigenvalue weighted by Gasteiger charge is 2.46. The molecule has 29 heavy (non-hydrogen) atoms. The van der Waals surface area contributed by atoms with Gasteiger partial charge in [0, 0.05) is 59.3 Å². The summed E-state index contributed by atoms with van der Waals surface area (Å²) in [4.78, 5) is 40.6. The van der Waals surface area contributed by atoms with Crippen LogP contribution < -0.4 is 0 Å². The van der Waals surface area contributed by atoms with Crippen molar-refractivity contribution in [2.75, 3.05) is 26.3 Å². The Morgan fingerprint density at radius 1 is 0.724 bits per heavy atom. The molecule has 2 aliphatic heterocycles. The number of carbonyl (C=O) groups excluding carboxylic acids is 3. The van der Waals surface area contributed by atoms with Gasteiger partial charge in [-0.15, -0.1) is 0 Å². The summed E-state index contributed by atoms with van der Waals surface area (Å²) in [6.07, 6.45) is 0.390. The number of nitrogens with zero attached hydrogens (tertiary/aromatic N) is 2. The second-order valence-corrected chi connectivity index (χ2v) is 7.08. The van der Waals surface area contributed by atoms with Crippen LogP contribution in [0, 0.1) is 0 Å².